The van der Waals surface area contributed by atoms with Crippen LogP contribution in [0.15, 0.2) is 52.0 Å². The summed E-state index contributed by atoms with van der Waals surface area (Å²) in [6.07, 6.45) is 1.60. The van der Waals surface area contributed by atoms with Gasteiger partial charge in [-0.1, -0.05) is 28.1 Å². The lowest BCUT2D eigenvalue weighted by Crippen LogP contribution is -2.47. The highest BCUT2D eigenvalue weighted by atomic mass is 79.9. The van der Waals surface area contributed by atoms with Crippen molar-refractivity contribution in [3.63, 3.8) is 0 Å². The molecule has 3 unspecified atom stereocenters. The van der Waals surface area contributed by atoms with Gasteiger partial charge in [-0.2, -0.15) is 0 Å². The van der Waals surface area contributed by atoms with Crippen molar-refractivity contribution >= 4 is 27.7 Å². The van der Waals surface area contributed by atoms with Gasteiger partial charge in [-0.05, 0) is 55.0 Å². The fourth-order valence-corrected chi connectivity index (χ4v) is 3.82. The Labute approximate surface area is 207 Å². The molecule has 1 aliphatic carbocycles. The van der Waals surface area contributed by atoms with E-state index in [1.807, 2.05) is 24.3 Å². The summed E-state index contributed by atoms with van der Waals surface area (Å²) >= 11 is 3.35. The average Bonchev–Trinajstić information content (AvgIpc) is 2.79. The van der Waals surface area contributed by atoms with Crippen LogP contribution in [0.25, 0.3) is 0 Å². The standard InChI is InChI=1S/C24H33BrF2N4O3/c25-17-5-3-15(4-6-17)11-21(29)23(33)24(34)31-10-2-1-9-30-22(32)14-19(28)13-16-12-18(26)7-8-20(16)27/h3-6,12,19,21,23,33H,1-2,7-11,13-14,28-29H2,(H,30,32)(H,31,34). The summed E-state index contributed by atoms with van der Waals surface area (Å²) in [5.41, 5.74) is 13.0. The van der Waals surface area contributed by atoms with E-state index < -0.39 is 24.1 Å². The number of amides is 2. The van der Waals surface area contributed by atoms with Crippen LogP contribution in [0.5, 0.6) is 0 Å². The molecule has 0 aromatic heterocycles. The molecule has 1 aromatic rings. The van der Waals surface area contributed by atoms with Gasteiger partial charge in [0.25, 0.3) is 0 Å². The van der Waals surface area contributed by atoms with Gasteiger partial charge in [0.15, 0.2) is 0 Å². The van der Waals surface area contributed by atoms with Crippen LogP contribution in [0, 0.1) is 0 Å². The fourth-order valence-electron chi connectivity index (χ4n) is 3.56. The second kappa shape index (κ2) is 14.3. The molecule has 7 nitrogen and oxygen atoms in total. The number of nitrogens with two attached hydrogens (primary N) is 2. The molecule has 7 N–H and O–H groups in total. The highest BCUT2D eigenvalue weighted by Gasteiger charge is 2.23. The molecule has 1 aromatic carbocycles. The number of hydrogen-bond acceptors (Lipinski definition) is 5. The monoisotopic (exact) mass is 542 g/mol. The van der Waals surface area contributed by atoms with Crippen LogP contribution in [0.3, 0.4) is 0 Å². The smallest absolute Gasteiger partial charge is 0.250 e. The van der Waals surface area contributed by atoms with Gasteiger partial charge in [0.05, 0.1) is 0 Å². The molecule has 0 saturated heterocycles. The third-order valence-corrected chi connectivity index (χ3v) is 6.00. The summed E-state index contributed by atoms with van der Waals surface area (Å²) in [5, 5.41) is 15.5. The van der Waals surface area contributed by atoms with Gasteiger partial charge in [0, 0.05) is 48.9 Å². The largest absolute Gasteiger partial charge is 0.382 e. The molecule has 0 aliphatic heterocycles. The number of aliphatic hydroxyl groups excluding tert-OH is 1. The third kappa shape index (κ3) is 10.0. The van der Waals surface area contributed by atoms with Gasteiger partial charge in [0.2, 0.25) is 11.8 Å². The van der Waals surface area contributed by atoms with Gasteiger partial charge in [0.1, 0.15) is 17.8 Å². The van der Waals surface area contributed by atoms with Crippen molar-refractivity contribution in [1.29, 1.82) is 0 Å². The number of nitrogens with one attached hydrogen (secondary N) is 2. The summed E-state index contributed by atoms with van der Waals surface area (Å²) in [7, 11) is 0. The van der Waals surface area contributed by atoms with Crippen molar-refractivity contribution < 1.29 is 23.5 Å². The molecule has 0 radical (unpaired) electrons. The summed E-state index contributed by atoms with van der Waals surface area (Å²) in [6, 6.07) is 6.15. The van der Waals surface area contributed by atoms with Crippen molar-refractivity contribution in [2.24, 2.45) is 11.5 Å². The minimum absolute atomic E-state index is 0.00538. The first-order chi connectivity index (χ1) is 16.2. The maximum absolute atomic E-state index is 13.8. The van der Waals surface area contributed by atoms with Crippen LogP contribution in [-0.2, 0) is 16.0 Å². The minimum atomic E-state index is -1.32. The van der Waals surface area contributed by atoms with Gasteiger partial charge >= 0.3 is 0 Å². The van der Waals surface area contributed by atoms with Crippen LogP contribution in [0.1, 0.15) is 44.1 Å². The van der Waals surface area contributed by atoms with Gasteiger partial charge < -0.3 is 27.2 Å². The lowest BCUT2D eigenvalue weighted by Gasteiger charge is -2.18. The molecule has 188 valence electrons. The summed E-state index contributed by atoms with van der Waals surface area (Å²) in [6.45, 7) is 0.722. The average molecular weight is 543 g/mol. The first kappa shape index (κ1) is 28.1. The number of hydrogen-bond donors (Lipinski definition) is 5. The molecule has 0 bridgehead atoms. The molecule has 0 heterocycles. The highest BCUT2D eigenvalue weighted by molar-refractivity contribution is 9.10. The fraction of sp³-hybridized carbons (Fsp3) is 0.500. The Morgan fingerprint density at radius 3 is 2.35 bits per heavy atom. The lowest BCUT2D eigenvalue weighted by molar-refractivity contribution is -0.130. The third-order valence-electron chi connectivity index (χ3n) is 5.48. The molecule has 1 aliphatic rings. The predicted octanol–water partition coefficient (Wildman–Crippen LogP) is 2.67. The van der Waals surface area contributed by atoms with Crippen molar-refractivity contribution in [3.05, 3.63) is 57.6 Å². The molecular formula is C24H33BrF2N4O3. The first-order valence-corrected chi connectivity index (χ1v) is 12.2. The van der Waals surface area contributed by atoms with E-state index in [0.717, 1.165) is 16.1 Å². The van der Waals surface area contributed by atoms with Crippen LogP contribution >= 0.6 is 15.9 Å². The van der Waals surface area contributed by atoms with Crippen molar-refractivity contribution in [2.75, 3.05) is 13.1 Å². The number of benzene rings is 1. The summed E-state index contributed by atoms with van der Waals surface area (Å²) in [5.74, 6) is -1.56. The Balaban J connectivity index is 1.57. The zero-order valence-electron chi connectivity index (χ0n) is 19.0. The Morgan fingerprint density at radius 2 is 1.68 bits per heavy atom. The maximum Gasteiger partial charge on any atom is 0.250 e. The van der Waals surface area contributed by atoms with Crippen LogP contribution in [0.4, 0.5) is 8.78 Å². The zero-order chi connectivity index (χ0) is 25.1. The van der Waals surface area contributed by atoms with E-state index >= 15 is 0 Å². The van der Waals surface area contributed by atoms with Gasteiger partial charge in [-0.25, -0.2) is 8.78 Å². The van der Waals surface area contributed by atoms with Crippen LogP contribution in [0.2, 0.25) is 0 Å². The van der Waals surface area contributed by atoms with E-state index in [1.54, 1.807) is 0 Å². The Kier molecular flexibility index (Phi) is 11.8. The first-order valence-electron chi connectivity index (χ1n) is 11.4. The molecule has 0 saturated carbocycles. The molecular weight excluding hydrogens is 510 g/mol. The lowest BCUT2D eigenvalue weighted by atomic mass is 9.97. The number of carbonyl (C=O) groups is 2. The normalized spacial score (nSPS) is 16.5. The molecule has 34 heavy (non-hydrogen) atoms. The summed E-state index contributed by atoms with van der Waals surface area (Å²) < 4.78 is 28.0. The Morgan fingerprint density at radius 1 is 1.03 bits per heavy atom. The van der Waals surface area contributed by atoms with Crippen molar-refractivity contribution in [3.8, 4) is 0 Å². The number of aliphatic hydroxyl groups is 1. The molecule has 0 fully saturated rings. The van der Waals surface area contributed by atoms with Gasteiger partial charge in [-0.3, -0.25) is 9.59 Å². The van der Waals surface area contributed by atoms with E-state index in [-0.39, 0.29) is 48.8 Å². The second-order valence-corrected chi connectivity index (χ2v) is 9.39. The second-order valence-electron chi connectivity index (χ2n) is 8.48. The number of rotatable bonds is 13. The van der Waals surface area contributed by atoms with E-state index in [4.69, 9.17) is 11.5 Å². The predicted molar refractivity (Wildman–Crippen MR) is 131 cm³/mol. The molecule has 0 spiro atoms. The molecule has 10 heteroatoms. The number of unbranched alkanes of at least 4 members (excludes halogenated alkanes) is 1. The molecule has 2 amide bonds. The zero-order valence-corrected chi connectivity index (χ0v) is 20.6. The Hall–Kier alpha value is -2.14. The van der Waals surface area contributed by atoms with E-state index in [0.29, 0.717) is 32.4 Å². The molecule has 3 atom stereocenters. The van der Waals surface area contributed by atoms with Crippen LogP contribution in [-0.4, -0.2) is 48.2 Å². The quantitative estimate of drug-likeness (QED) is 0.244. The number of allylic oxidation sites excluding steroid dienone is 3. The van der Waals surface area contributed by atoms with Gasteiger partial charge in [-0.15, -0.1) is 0 Å². The van der Waals surface area contributed by atoms with Crippen molar-refractivity contribution in [2.45, 2.75) is 63.1 Å². The van der Waals surface area contributed by atoms with E-state index in [2.05, 4.69) is 26.6 Å². The number of halogens is 3. The SMILES string of the molecule is NC(CC(=O)NCCCCNC(=O)C(O)C(N)Cc1ccc(Br)cc1)CC1=C(F)CCC(F)=C1. The summed E-state index contributed by atoms with van der Waals surface area (Å²) in [4.78, 5) is 24.1. The number of carbonyl (C=O) groups excluding carboxylic acids is 2. The maximum atomic E-state index is 13.8. The Bertz CT molecular complexity index is 893. The van der Waals surface area contributed by atoms with E-state index in [9.17, 15) is 23.5 Å². The van der Waals surface area contributed by atoms with E-state index in [1.165, 1.54) is 0 Å². The topological polar surface area (TPSA) is 130 Å². The molecule has 2 rings (SSSR count). The van der Waals surface area contributed by atoms with Crippen molar-refractivity contribution in [1.82, 2.24) is 10.6 Å². The minimum Gasteiger partial charge on any atom is -0.382 e. The van der Waals surface area contributed by atoms with Crippen LogP contribution < -0.4 is 22.1 Å². The highest BCUT2D eigenvalue weighted by Crippen LogP contribution is 2.28.